The first-order chi connectivity index (χ1) is 5.36. The van der Waals surface area contributed by atoms with Crippen LogP contribution in [-0.4, -0.2) is 28.5 Å². The predicted octanol–water partition coefficient (Wildman–Crippen LogP) is 1.38. The lowest BCUT2D eigenvalue weighted by atomic mass is 9.97. The molecule has 1 saturated heterocycles. The zero-order chi connectivity index (χ0) is 7.68. The van der Waals surface area contributed by atoms with Gasteiger partial charge in [-0.3, -0.25) is 0 Å². The summed E-state index contributed by atoms with van der Waals surface area (Å²) in [5, 5.41) is 9.88. The molecule has 2 fully saturated rings. The first-order valence-electron chi connectivity index (χ1n) is 4.31. The number of aliphatic hydroxyl groups excluding tert-OH is 1. The highest BCUT2D eigenvalue weighted by Crippen LogP contribution is 2.35. The van der Waals surface area contributed by atoms with Gasteiger partial charge >= 0.3 is 0 Å². The Morgan fingerprint density at radius 3 is 3.00 bits per heavy atom. The smallest absolute Gasteiger partial charge is 0.164 e. The summed E-state index contributed by atoms with van der Waals surface area (Å²) >= 11 is 1.88. The number of hydrogen-bond acceptors (Lipinski definition) is 3. The molecule has 2 rings (SSSR count). The fraction of sp³-hybridized carbons (Fsp3) is 1.00. The molecule has 2 aliphatic rings. The number of thioether (sulfide) groups is 1. The van der Waals surface area contributed by atoms with Crippen LogP contribution in [0.25, 0.3) is 0 Å². The molecule has 0 aromatic carbocycles. The van der Waals surface area contributed by atoms with Crippen molar-refractivity contribution < 1.29 is 9.84 Å². The highest BCUT2D eigenvalue weighted by Gasteiger charge is 2.32. The van der Waals surface area contributed by atoms with Gasteiger partial charge in [0, 0.05) is 11.0 Å². The lowest BCUT2D eigenvalue weighted by Gasteiger charge is -2.37. The van der Waals surface area contributed by atoms with Crippen LogP contribution in [-0.2, 0) is 4.74 Å². The first-order valence-corrected chi connectivity index (χ1v) is 5.36. The Hall–Kier alpha value is 0.270. The Balaban J connectivity index is 1.93. The molecular weight excluding hydrogens is 160 g/mol. The van der Waals surface area contributed by atoms with E-state index in [0.29, 0.717) is 11.4 Å². The Bertz CT molecular complexity index is 140. The number of ether oxygens (including phenoxy) is 1. The molecule has 2 nitrogen and oxygen atoms in total. The van der Waals surface area contributed by atoms with Crippen LogP contribution in [0.15, 0.2) is 0 Å². The molecule has 1 heterocycles. The molecule has 0 aromatic heterocycles. The van der Waals surface area contributed by atoms with E-state index in [1.165, 1.54) is 19.3 Å². The SMILES string of the molecule is OC1CSC2CCCCC2O1. The Labute approximate surface area is 71.3 Å². The van der Waals surface area contributed by atoms with Crippen LogP contribution in [0.5, 0.6) is 0 Å². The molecule has 64 valence electrons. The molecule has 0 radical (unpaired) electrons. The molecule has 0 aromatic rings. The van der Waals surface area contributed by atoms with Crippen molar-refractivity contribution in [2.45, 2.75) is 43.3 Å². The van der Waals surface area contributed by atoms with Gasteiger partial charge < -0.3 is 9.84 Å². The van der Waals surface area contributed by atoms with E-state index in [1.807, 2.05) is 11.8 Å². The topological polar surface area (TPSA) is 29.5 Å². The van der Waals surface area contributed by atoms with E-state index in [4.69, 9.17) is 4.74 Å². The van der Waals surface area contributed by atoms with Crippen molar-refractivity contribution in [3.63, 3.8) is 0 Å². The van der Waals surface area contributed by atoms with E-state index in [9.17, 15) is 5.11 Å². The van der Waals surface area contributed by atoms with Gasteiger partial charge in [0.1, 0.15) is 0 Å². The highest BCUT2D eigenvalue weighted by molar-refractivity contribution is 8.00. The average Bonchev–Trinajstić information content (AvgIpc) is 2.04. The van der Waals surface area contributed by atoms with E-state index in [2.05, 4.69) is 0 Å². The van der Waals surface area contributed by atoms with Crippen LogP contribution in [0.1, 0.15) is 25.7 Å². The van der Waals surface area contributed by atoms with Crippen molar-refractivity contribution >= 4 is 11.8 Å². The molecule has 1 aliphatic carbocycles. The van der Waals surface area contributed by atoms with Crippen molar-refractivity contribution in [2.24, 2.45) is 0 Å². The monoisotopic (exact) mass is 174 g/mol. The summed E-state index contributed by atoms with van der Waals surface area (Å²) in [7, 11) is 0. The second-order valence-electron chi connectivity index (χ2n) is 3.29. The molecule has 3 unspecified atom stereocenters. The summed E-state index contributed by atoms with van der Waals surface area (Å²) in [6.45, 7) is 0. The standard InChI is InChI=1S/C8H14O2S/c9-8-5-11-7-4-2-1-3-6(7)10-8/h6-9H,1-5H2. The van der Waals surface area contributed by atoms with Gasteiger partial charge in [-0.1, -0.05) is 12.8 Å². The molecule has 0 spiro atoms. The summed E-state index contributed by atoms with van der Waals surface area (Å²) in [5.41, 5.74) is 0. The zero-order valence-corrected chi connectivity index (χ0v) is 7.35. The molecule has 11 heavy (non-hydrogen) atoms. The fourth-order valence-corrected chi connectivity index (χ4v) is 3.09. The number of rotatable bonds is 0. The van der Waals surface area contributed by atoms with Gasteiger partial charge in [0.15, 0.2) is 6.29 Å². The summed E-state index contributed by atoms with van der Waals surface area (Å²) < 4.78 is 5.42. The van der Waals surface area contributed by atoms with E-state index >= 15 is 0 Å². The molecule has 0 bridgehead atoms. The number of aliphatic hydroxyl groups is 1. The second kappa shape index (κ2) is 3.33. The fourth-order valence-electron chi connectivity index (χ4n) is 1.86. The minimum absolute atomic E-state index is 0.345. The maximum absolute atomic E-state index is 9.21. The van der Waals surface area contributed by atoms with E-state index in [-0.39, 0.29) is 0 Å². The van der Waals surface area contributed by atoms with E-state index in [0.717, 1.165) is 12.2 Å². The van der Waals surface area contributed by atoms with Crippen LogP contribution < -0.4 is 0 Å². The van der Waals surface area contributed by atoms with Crippen LogP contribution in [0.3, 0.4) is 0 Å². The van der Waals surface area contributed by atoms with Crippen molar-refractivity contribution in [2.75, 3.05) is 5.75 Å². The van der Waals surface area contributed by atoms with Gasteiger partial charge in [-0.2, -0.15) is 11.8 Å². The van der Waals surface area contributed by atoms with Crippen LogP contribution in [0.2, 0.25) is 0 Å². The molecule has 3 atom stereocenters. The molecule has 0 amide bonds. The first kappa shape index (κ1) is 7.90. The third-order valence-corrected chi connectivity index (χ3v) is 3.87. The normalized spacial score (nSPS) is 45.0. The zero-order valence-electron chi connectivity index (χ0n) is 6.53. The van der Waals surface area contributed by atoms with Crippen molar-refractivity contribution in [1.29, 1.82) is 0 Å². The summed E-state index contributed by atoms with van der Waals surface area (Å²) in [6, 6.07) is 0. The average molecular weight is 174 g/mol. The largest absolute Gasteiger partial charge is 0.367 e. The minimum atomic E-state index is -0.501. The Morgan fingerprint density at radius 2 is 2.09 bits per heavy atom. The van der Waals surface area contributed by atoms with Gasteiger partial charge in [-0.05, 0) is 12.8 Å². The van der Waals surface area contributed by atoms with Gasteiger partial charge in [0.05, 0.1) is 6.10 Å². The Morgan fingerprint density at radius 1 is 1.27 bits per heavy atom. The van der Waals surface area contributed by atoms with E-state index in [1.54, 1.807) is 0 Å². The van der Waals surface area contributed by atoms with Gasteiger partial charge in [0.25, 0.3) is 0 Å². The molecule has 1 N–H and O–H groups in total. The van der Waals surface area contributed by atoms with Crippen molar-refractivity contribution in [3.8, 4) is 0 Å². The maximum atomic E-state index is 9.21. The van der Waals surface area contributed by atoms with Crippen molar-refractivity contribution in [3.05, 3.63) is 0 Å². The van der Waals surface area contributed by atoms with E-state index < -0.39 is 6.29 Å². The van der Waals surface area contributed by atoms with Crippen LogP contribution in [0.4, 0.5) is 0 Å². The quantitative estimate of drug-likeness (QED) is 0.601. The third kappa shape index (κ3) is 1.71. The van der Waals surface area contributed by atoms with Gasteiger partial charge in [-0.25, -0.2) is 0 Å². The lowest BCUT2D eigenvalue weighted by molar-refractivity contribution is -0.133. The minimum Gasteiger partial charge on any atom is -0.367 e. The highest BCUT2D eigenvalue weighted by atomic mass is 32.2. The van der Waals surface area contributed by atoms with Gasteiger partial charge in [0.2, 0.25) is 0 Å². The van der Waals surface area contributed by atoms with Crippen molar-refractivity contribution in [1.82, 2.24) is 0 Å². The van der Waals surface area contributed by atoms with Crippen LogP contribution in [0, 0.1) is 0 Å². The second-order valence-corrected chi connectivity index (χ2v) is 4.56. The predicted molar refractivity (Wildman–Crippen MR) is 45.6 cm³/mol. The number of hydrogen-bond donors (Lipinski definition) is 1. The molecular formula is C8H14O2S. The number of fused-ring (bicyclic) bond motifs is 1. The van der Waals surface area contributed by atoms with Gasteiger partial charge in [-0.15, -0.1) is 0 Å². The Kier molecular flexibility index (Phi) is 2.39. The summed E-state index contributed by atoms with van der Waals surface area (Å²) in [6.07, 6.45) is 4.88. The van der Waals surface area contributed by atoms with Crippen LogP contribution >= 0.6 is 11.8 Å². The lowest BCUT2D eigenvalue weighted by Crippen LogP contribution is -2.39. The summed E-state index contributed by atoms with van der Waals surface area (Å²) in [5.74, 6) is 0.765. The molecule has 3 heteroatoms. The maximum Gasteiger partial charge on any atom is 0.164 e. The molecule has 1 saturated carbocycles. The summed E-state index contributed by atoms with van der Waals surface area (Å²) in [4.78, 5) is 0. The molecule has 1 aliphatic heterocycles. The third-order valence-electron chi connectivity index (χ3n) is 2.43.